The van der Waals surface area contributed by atoms with Crippen molar-refractivity contribution in [2.45, 2.75) is 46.3 Å². The van der Waals surface area contributed by atoms with Crippen LogP contribution in [0.25, 0.3) is 0 Å². The van der Waals surface area contributed by atoms with Gasteiger partial charge in [-0.3, -0.25) is 19.3 Å². The van der Waals surface area contributed by atoms with Gasteiger partial charge in [0.2, 0.25) is 0 Å². The first-order valence-electron chi connectivity index (χ1n) is 8.84. The number of rotatable bonds is 6. The predicted molar refractivity (Wildman–Crippen MR) is 91.7 cm³/mol. The molecule has 3 rings (SSSR count). The summed E-state index contributed by atoms with van der Waals surface area (Å²) < 4.78 is 7.69. The molecule has 2 saturated heterocycles. The van der Waals surface area contributed by atoms with Gasteiger partial charge in [-0.15, -0.1) is 0 Å². The van der Waals surface area contributed by atoms with Gasteiger partial charge in [-0.2, -0.15) is 0 Å². The zero-order valence-corrected chi connectivity index (χ0v) is 15.3. The number of Topliss-reactive ketones (excluding diaryl/α,β-unsaturated/α-hetero) is 1. The van der Waals surface area contributed by atoms with Crippen LogP contribution in [-0.4, -0.2) is 63.8 Å². The summed E-state index contributed by atoms with van der Waals surface area (Å²) in [5.74, 6) is -2.18. The topological polar surface area (TPSA) is 88.9 Å². The molecule has 140 valence electrons. The molecule has 8 nitrogen and oxygen atoms in total. The molecule has 1 aromatic heterocycles. The fraction of sp³-hybridized carbons (Fsp3) is 0.556. The highest BCUT2D eigenvalue weighted by molar-refractivity contribution is 6.45. The Hall–Kier alpha value is -2.48. The maximum absolute atomic E-state index is 12.7. The number of nitrogens with zero attached hydrogens (tertiary/aromatic N) is 3. The normalized spacial score (nSPS) is 20.6. The summed E-state index contributed by atoms with van der Waals surface area (Å²) >= 11 is 0. The highest BCUT2D eigenvalue weighted by atomic mass is 16.5. The van der Waals surface area contributed by atoms with Gasteiger partial charge in [0, 0.05) is 36.6 Å². The minimum atomic E-state index is -0.946. The van der Waals surface area contributed by atoms with Crippen molar-refractivity contribution in [1.82, 2.24) is 14.4 Å². The van der Waals surface area contributed by atoms with Gasteiger partial charge >= 0.3 is 17.8 Å². The van der Waals surface area contributed by atoms with E-state index >= 15 is 0 Å². The monoisotopic (exact) mass is 361 g/mol. The molecule has 0 spiro atoms. The van der Waals surface area contributed by atoms with Crippen LogP contribution in [0, 0.1) is 13.8 Å². The lowest BCUT2D eigenvalue weighted by atomic mass is 10.1. The van der Waals surface area contributed by atoms with Crippen molar-refractivity contribution < 1.29 is 23.9 Å². The van der Waals surface area contributed by atoms with Crippen molar-refractivity contribution in [2.24, 2.45) is 0 Å². The fourth-order valence-electron chi connectivity index (χ4n) is 3.55. The van der Waals surface area contributed by atoms with Crippen molar-refractivity contribution in [3.05, 3.63) is 23.0 Å². The van der Waals surface area contributed by atoms with Crippen LogP contribution in [0.15, 0.2) is 6.07 Å². The van der Waals surface area contributed by atoms with Gasteiger partial charge in [0.25, 0.3) is 0 Å². The third-order valence-electron chi connectivity index (χ3n) is 5.04. The summed E-state index contributed by atoms with van der Waals surface area (Å²) in [6, 6.07) is 1.03. The van der Waals surface area contributed by atoms with Crippen molar-refractivity contribution in [1.29, 1.82) is 0 Å². The number of urea groups is 1. The average molecular weight is 361 g/mol. The number of likely N-dealkylation sites (N-methyl/N-ethyl adjacent to an activating group) is 1. The van der Waals surface area contributed by atoms with E-state index in [1.807, 2.05) is 18.4 Å². The van der Waals surface area contributed by atoms with E-state index in [1.165, 1.54) is 0 Å². The van der Waals surface area contributed by atoms with Gasteiger partial charge in [-0.25, -0.2) is 9.69 Å². The molecule has 0 saturated carbocycles. The Labute approximate surface area is 151 Å². The van der Waals surface area contributed by atoms with Crippen LogP contribution in [0.1, 0.15) is 41.5 Å². The first-order valence-corrected chi connectivity index (χ1v) is 8.84. The van der Waals surface area contributed by atoms with E-state index in [9.17, 15) is 19.2 Å². The quantitative estimate of drug-likeness (QED) is 0.433. The Bertz CT molecular complexity index is 776. The van der Waals surface area contributed by atoms with Gasteiger partial charge < -0.3 is 9.30 Å². The van der Waals surface area contributed by atoms with Crippen molar-refractivity contribution >= 4 is 23.6 Å². The summed E-state index contributed by atoms with van der Waals surface area (Å²) in [4.78, 5) is 50.2. The third kappa shape index (κ3) is 3.05. The number of hydrogen-bond acceptors (Lipinski definition) is 5. The second kappa shape index (κ2) is 7.03. The van der Waals surface area contributed by atoms with Crippen LogP contribution < -0.4 is 0 Å². The summed E-state index contributed by atoms with van der Waals surface area (Å²) in [6.45, 7) is 6.46. The largest absolute Gasteiger partial charge is 0.376 e. The number of ether oxygens (including phenoxy) is 1. The van der Waals surface area contributed by atoms with Crippen molar-refractivity contribution in [3.63, 3.8) is 0 Å². The molecule has 4 amide bonds. The molecule has 2 aliphatic rings. The van der Waals surface area contributed by atoms with Crippen molar-refractivity contribution in [2.75, 3.05) is 19.7 Å². The predicted octanol–water partition coefficient (Wildman–Crippen LogP) is 1.28. The van der Waals surface area contributed by atoms with Crippen LogP contribution >= 0.6 is 0 Å². The number of hydrogen-bond donors (Lipinski definition) is 0. The van der Waals surface area contributed by atoms with E-state index in [-0.39, 0.29) is 18.4 Å². The lowest BCUT2D eigenvalue weighted by Gasteiger charge is -2.15. The van der Waals surface area contributed by atoms with E-state index in [0.29, 0.717) is 12.1 Å². The number of ketones is 1. The van der Waals surface area contributed by atoms with Gasteiger partial charge in [0.05, 0.1) is 12.6 Å². The number of imide groups is 2. The lowest BCUT2D eigenvalue weighted by Crippen LogP contribution is -2.37. The second-order valence-electron chi connectivity index (χ2n) is 6.68. The minimum absolute atomic E-state index is 0.101. The Kier molecular flexibility index (Phi) is 4.95. The van der Waals surface area contributed by atoms with Crippen LogP contribution in [0.3, 0.4) is 0 Å². The Morgan fingerprint density at radius 3 is 2.46 bits per heavy atom. The second-order valence-corrected chi connectivity index (χ2v) is 6.68. The van der Waals surface area contributed by atoms with Gasteiger partial charge in [-0.1, -0.05) is 0 Å². The summed E-state index contributed by atoms with van der Waals surface area (Å²) in [5.41, 5.74) is 2.16. The first-order chi connectivity index (χ1) is 12.3. The smallest absolute Gasteiger partial charge is 0.334 e. The Balaban J connectivity index is 1.77. The van der Waals surface area contributed by atoms with E-state index in [2.05, 4.69) is 0 Å². The fourth-order valence-corrected chi connectivity index (χ4v) is 3.55. The van der Waals surface area contributed by atoms with Crippen LogP contribution in [-0.2, 0) is 20.9 Å². The minimum Gasteiger partial charge on any atom is -0.376 e. The summed E-state index contributed by atoms with van der Waals surface area (Å²) in [7, 11) is 0. The van der Waals surface area contributed by atoms with E-state index in [1.54, 1.807) is 13.0 Å². The van der Waals surface area contributed by atoms with Gasteiger partial charge in [0.15, 0.2) is 5.78 Å². The SMILES string of the molecule is CCN1C(=O)C(=O)N(CC(=O)c2cc(C)n(CC3CCCO3)c2C)C1=O. The van der Waals surface area contributed by atoms with Crippen LogP contribution in [0.5, 0.6) is 0 Å². The molecule has 0 bridgehead atoms. The molecule has 26 heavy (non-hydrogen) atoms. The molecule has 0 aromatic carbocycles. The van der Waals surface area contributed by atoms with Crippen LogP contribution in [0.2, 0.25) is 0 Å². The molecule has 2 fully saturated rings. The van der Waals surface area contributed by atoms with Crippen LogP contribution in [0.4, 0.5) is 4.79 Å². The molecular weight excluding hydrogens is 338 g/mol. The molecule has 8 heteroatoms. The Morgan fingerprint density at radius 2 is 1.88 bits per heavy atom. The lowest BCUT2D eigenvalue weighted by molar-refractivity contribution is -0.143. The van der Waals surface area contributed by atoms with E-state index < -0.39 is 24.4 Å². The molecule has 0 N–H and O–H groups in total. The highest BCUT2D eigenvalue weighted by Gasteiger charge is 2.44. The van der Waals surface area contributed by atoms with E-state index in [4.69, 9.17) is 4.74 Å². The number of amides is 4. The maximum Gasteiger partial charge on any atom is 0.334 e. The molecule has 1 unspecified atom stereocenters. The number of carbonyl (C=O) groups excluding carboxylic acids is 4. The van der Waals surface area contributed by atoms with Gasteiger partial charge in [-0.05, 0) is 39.7 Å². The molecular formula is C18H23N3O5. The summed E-state index contributed by atoms with van der Waals surface area (Å²) in [6.07, 6.45) is 2.17. The molecule has 1 aromatic rings. The maximum atomic E-state index is 12.7. The highest BCUT2D eigenvalue weighted by Crippen LogP contribution is 2.21. The zero-order chi connectivity index (χ0) is 19.0. The number of aryl methyl sites for hydroxylation is 1. The number of aromatic nitrogens is 1. The van der Waals surface area contributed by atoms with Crippen molar-refractivity contribution in [3.8, 4) is 0 Å². The molecule has 3 heterocycles. The summed E-state index contributed by atoms with van der Waals surface area (Å²) in [5, 5.41) is 0. The third-order valence-corrected chi connectivity index (χ3v) is 5.04. The Morgan fingerprint density at radius 1 is 1.19 bits per heavy atom. The molecule has 1 atom stereocenters. The molecule has 0 radical (unpaired) electrons. The van der Waals surface area contributed by atoms with Gasteiger partial charge in [0.1, 0.15) is 0 Å². The molecule has 0 aliphatic carbocycles. The molecule has 2 aliphatic heterocycles. The average Bonchev–Trinajstić information content (AvgIpc) is 3.27. The first kappa shape index (κ1) is 18.3. The standard InChI is InChI=1S/C18H23N3O5/c1-4-19-16(23)17(24)21(18(19)25)10-15(22)14-8-11(2)20(12(14)3)9-13-6-5-7-26-13/h8,13H,4-7,9-10H2,1-3H3. The van der Waals surface area contributed by atoms with E-state index in [0.717, 1.165) is 40.6 Å². The number of carbonyl (C=O) groups is 4. The zero-order valence-electron chi connectivity index (χ0n) is 15.3.